The predicted octanol–water partition coefficient (Wildman–Crippen LogP) is 4.88. The Kier molecular flexibility index (Phi) is 9.86. The Morgan fingerprint density at radius 1 is 0.930 bits per heavy atom. The van der Waals surface area contributed by atoms with Gasteiger partial charge in [-0.25, -0.2) is 19.4 Å². The van der Waals surface area contributed by atoms with Crippen LogP contribution in [-0.2, 0) is 19.0 Å². The maximum atomic E-state index is 11.7. The minimum Gasteiger partial charge on any atom is -0.458 e. The first-order valence-corrected chi connectivity index (χ1v) is 14.7. The highest BCUT2D eigenvalue weighted by molar-refractivity contribution is 5.98. The van der Waals surface area contributed by atoms with Crippen LogP contribution in [0, 0.1) is 0 Å². The smallest absolute Gasteiger partial charge is 0.332 e. The van der Waals surface area contributed by atoms with Crippen molar-refractivity contribution in [1.82, 2.24) is 24.6 Å². The summed E-state index contributed by atoms with van der Waals surface area (Å²) in [6.07, 6.45) is 3.37. The van der Waals surface area contributed by atoms with Crippen LogP contribution in [0.2, 0.25) is 0 Å². The molecule has 1 aliphatic heterocycles. The quantitative estimate of drug-likeness (QED) is 0.181. The van der Waals surface area contributed by atoms with Gasteiger partial charge in [-0.15, -0.1) is 0 Å². The normalized spacial score (nSPS) is 14.7. The summed E-state index contributed by atoms with van der Waals surface area (Å²) in [7, 11) is 0. The zero-order chi connectivity index (χ0) is 30.2. The Labute approximate surface area is 251 Å². The van der Waals surface area contributed by atoms with Crippen molar-refractivity contribution in [3.05, 3.63) is 60.9 Å². The molecule has 2 N–H and O–H groups in total. The highest BCUT2D eigenvalue weighted by Crippen LogP contribution is 2.35. The van der Waals surface area contributed by atoms with E-state index in [-0.39, 0.29) is 18.6 Å². The first-order chi connectivity index (χ1) is 20.8. The molecule has 0 spiro atoms. The number of piperidine rings is 1. The third-order valence-electron chi connectivity index (χ3n) is 7.09. The number of benzene rings is 2. The van der Waals surface area contributed by atoms with E-state index >= 15 is 0 Å². The van der Waals surface area contributed by atoms with E-state index in [4.69, 9.17) is 29.8 Å². The van der Waals surface area contributed by atoms with E-state index in [1.165, 1.54) is 6.33 Å². The second kappa shape index (κ2) is 13.9. The lowest BCUT2D eigenvalue weighted by Gasteiger charge is -2.32. The Hall–Kier alpha value is -4.06. The number of esters is 1. The summed E-state index contributed by atoms with van der Waals surface area (Å²) in [6, 6.07) is 17.7. The average Bonchev–Trinajstić information content (AvgIpc) is 3.38. The molecule has 1 aliphatic rings. The van der Waals surface area contributed by atoms with Crippen molar-refractivity contribution in [3.8, 4) is 22.8 Å². The molecule has 5 rings (SSSR count). The molecule has 2 aromatic carbocycles. The fourth-order valence-electron chi connectivity index (χ4n) is 5.09. The first-order valence-electron chi connectivity index (χ1n) is 14.7. The molecular weight excluding hydrogens is 548 g/mol. The number of carbonyl (C=O) groups excluding carboxylic acids is 1. The summed E-state index contributed by atoms with van der Waals surface area (Å²) in [5.74, 6) is 1.57. The van der Waals surface area contributed by atoms with Gasteiger partial charge in [-0.05, 0) is 70.0 Å². The van der Waals surface area contributed by atoms with E-state index in [0.717, 1.165) is 66.3 Å². The van der Waals surface area contributed by atoms with Crippen LogP contribution >= 0.6 is 0 Å². The second-order valence-electron chi connectivity index (χ2n) is 11.5. The van der Waals surface area contributed by atoms with Crippen molar-refractivity contribution in [2.75, 3.05) is 51.8 Å². The molecule has 11 nitrogen and oxygen atoms in total. The molecular formula is C32H40N6O5. The maximum absolute atomic E-state index is 11.7. The van der Waals surface area contributed by atoms with Gasteiger partial charge in [0.15, 0.2) is 5.65 Å². The highest BCUT2D eigenvalue weighted by atomic mass is 16.6. The molecule has 0 aliphatic carbocycles. The van der Waals surface area contributed by atoms with Crippen LogP contribution < -0.4 is 10.5 Å². The van der Waals surface area contributed by atoms with Gasteiger partial charge in [0.2, 0.25) is 0 Å². The number of rotatable bonds is 12. The van der Waals surface area contributed by atoms with Crippen LogP contribution in [0.15, 0.2) is 60.9 Å². The molecule has 0 unspecified atom stereocenters. The molecule has 3 heterocycles. The topological polar surface area (TPSA) is 127 Å². The van der Waals surface area contributed by atoms with Crippen molar-refractivity contribution >= 4 is 22.8 Å². The predicted molar refractivity (Wildman–Crippen MR) is 164 cm³/mol. The van der Waals surface area contributed by atoms with Crippen molar-refractivity contribution in [2.45, 2.75) is 45.3 Å². The number of likely N-dealkylation sites (tertiary alicyclic amines) is 1. The van der Waals surface area contributed by atoms with Gasteiger partial charge in [0.25, 0.3) is 0 Å². The van der Waals surface area contributed by atoms with Crippen LogP contribution in [0.1, 0.15) is 39.7 Å². The summed E-state index contributed by atoms with van der Waals surface area (Å²) in [4.78, 5) is 22.9. The second-order valence-corrected chi connectivity index (χ2v) is 11.5. The first kappa shape index (κ1) is 30.4. The molecule has 2 aromatic heterocycles. The monoisotopic (exact) mass is 588 g/mol. The summed E-state index contributed by atoms with van der Waals surface area (Å²) >= 11 is 0. The molecule has 0 saturated carbocycles. The third kappa shape index (κ3) is 8.28. The van der Waals surface area contributed by atoms with Crippen LogP contribution in [0.5, 0.6) is 11.5 Å². The number of nitrogens with zero attached hydrogens (tertiary/aromatic N) is 5. The van der Waals surface area contributed by atoms with Crippen LogP contribution in [0.4, 0.5) is 5.82 Å². The van der Waals surface area contributed by atoms with Crippen molar-refractivity contribution in [1.29, 1.82) is 0 Å². The minimum absolute atomic E-state index is 0.0669. The van der Waals surface area contributed by atoms with Gasteiger partial charge in [0, 0.05) is 25.2 Å². The molecule has 11 heteroatoms. The molecule has 43 heavy (non-hydrogen) atoms. The molecule has 0 atom stereocenters. The number of hydrogen-bond donors (Lipinski definition) is 1. The van der Waals surface area contributed by atoms with Crippen molar-refractivity contribution in [3.63, 3.8) is 0 Å². The Morgan fingerprint density at radius 3 is 2.35 bits per heavy atom. The zero-order valence-electron chi connectivity index (χ0n) is 25.1. The van der Waals surface area contributed by atoms with Crippen LogP contribution in [-0.4, -0.2) is 82.3 Å². The summed E-state index contributed by atoms with van der Waals surface area (Å²) < 4.78 is 24.3. The summed E-state index contributed by atoms with van der Waals surface area (Å²) in [6.45, 7) is 9.49. The molecule has 4 aromatic rings. The van der Waals surface area contributed by atoms with E-state index in [0.29, 0.717) is 25.6 Å². The van der Waals surface area contributed by atoms with Gasteiger partial charge in [-0.1, -0.05) is 18.2 Å². The number of aromatic nitrogens is 4. The molecule has 0 bridgehead atoms. The fraction of sp³-hybridized carbons (Fsp3) is 0.438. The Balaban J connectivity index is 1.13. The lowest BCUT2D eigenvalue weighted by atomic mass is 10.1. The largest absolute Gasteiger partial charge is 0.458 e. The number of nitrogen functional groups attached to an aromatic ring is 1. The van der Waals surface area contributed by atoms with E-state index in [1.54, 1.807) is 0 Å². The van der Waals surface area contributed by atoms with Gasteiger partial charge >= 0.3 is 5.97 Å². The number of carbonyl (C=O) groups is 1. The van der Waals surface area contributed by atoms with E-state index in [2.05, 4.69) is 14.9 Å². The molecule has 0 amide bonds. The highest BCUT2D eigenvalue weighted by Gasteiger charge is 2.26. The standard InChI is InChI=1S/C32H40N6O5/c1-32(2,3)43-27(39)21-41-20-19-40-18-17-37-15-13-24(14-16-37)38-31-28(30(33)34-22-35-31)29(36-38)23-9-11-26(12-10-23)42-25-7-5-4-6-8-25/h4-12,22,24H,13-21H2,1-3H3,(H2,33,34,35). The van der Waals surface area contributed by atoms with Gasteiger partial charge in [-0.3, -0.25) is 0 Å². The van der Waals surface area contributed by atoms with Gasteiger partial charge in [0.05, 0.1) is 31.2 Å². The minimum atomic E-state index is -0.511. The summed E-state index contributed by atoms with van der Waals surface area (Å²) in [5.41, 5.74) is 8.28. The average molecular weight is 589 g/mol. The fourth-order valence-corrected chi connectivity index (χ4v) is 5.09. The lowest BCUT2D eigenvalue weighted by Crippen LogP contribution is -2.37. The van der Waals surface area contributed by atoms with Gasteiger partial charge < -0.3 is 29.6 Å². The number of hydrogen-bond acceptors (Lipinski definition) is 10. The summed E-state index contributed by atoms with van der Waals surface area (Å²) in [5, 5.41) is 5.79. The van der Waals surface area contributed by atoms with Crippen LogP contribution in [0.3, 0.4) is 0 Å². The van der Waals surface area contributed by atoms with Crippen molar-refractivity contribution < 1.29 is 23.7 Å². The number of nitrogens with two attached hydrogens (primary N) is 1. The van der Waals surface area contributed by atoms with Crippen molar-refractivity contribution in [2.24, 2.45) is 0 Å². The lowest BCUT2D eigenvalue weighted by molar-refractivity contribution is -0.160. The third-order valence-corrected chi connectivity index (χ3v) is 7.09. The number of para-hydroxylation sites is 1. The van der Waals surface area contributed by atoms with Crippen LogP contribution in [0.25, 0.3) is 22.3 Å². The Bertz CT molecular complexity index is 1480. The number of fused-ring (bicyclic) bond motifs is 1. The van der Waals surface area contributed by atoms with E-state index in [9.17, 15) is 4.79 Å². The maximum Gasteiger partial charge on any atom is 0.332 e. The Morgan fingerprint density at radius 2 is 1.63 bits per heavy atom. The number of ether oxygens (including phenoxy) is 4. The van der Waals surface area contributed by atoms with Gasteiger partial charge in [-0.2, -0.15) is 5.10 Å². The molecule has 0 radical (unpaired) electrons. The zero-order valence-corrected chi connectivity index (χ0v) is 25.1. The molecule has 1 saturated heterocycles. The van der Waals surface area contributed by atoms with E-state index in [1.807, 2.05) is 80.1 Å². The number of anilines is 1. The van der Waals surface area contributed by atoms with Gasteiger partial charge in [0.1, 0.15) is 41.5 Å². The molecule has 1 fully saturated rings. The molecule has 228 valence electrons. The van der Waals surface area contributed by atoms with E-state index < -0.39 is 5.60 Å². The SMILES string of the molecule is CC(C)(C)OC(=O)COCCOCCN1CCC(n2nc(-c3ccc(Oc4ccccc4)cc3)c3c(N)ncnc32)CC1.